The zero-order valence-corrected chi connectivity index (χ0v) is 9.68. The summed E-state index contributed by atoms with van der Waals surface area (Å²) in [7, 11) is 0. The smallest absolute Gasteiger partial charge is 0.304 e. The monoisotopic (exact) mass is 233 g/mol. The van der Waals surface area contributed by atoms with Crippen molar-refractivity contribution in [2.75, 3.05) is 6.54 Å². The first-order valence-corrected chi connectivity index (χ1v) is 5.52. The van der Waals surface area contributed by atoms with E-state index in [9.17, 15) is 4.79 Å². The molecule has 5 heteroatoms. The van der Waals surface area contributed by atoms with Crippen molar-refractivity contribution in [2.24, 2.45) is 0 Å². The van der Waals surface area contributed by atoms with Gasteiger partial charge >= 0.3 is 5.97 Å². The Balaban J connectivity index is 2.00. The van der Waals surface area contributed by atoms with Gasteiger partial charge in [0.1, 0.15) is 5.65 Å². The molecule has 0 unspecified atom stereocenters. The second-order valence-electron chi connectivity index (χ2n) is 3.97. The number of aromatic nitrogens is 2. The summed E-state index contributed by atoms with van der Waals surface area (Å²) in [6.45, 7) is 3.07. The van der Waals surface area contributed by atoms with Gasteiger partial charge in [-0.3, -0.25) is 4.79 Å². The van der Waals surface area contributed by atoms with Crippen LogP contribution in [0.4, 0.5) is 0 Å². The number of carbonyl (C=O) groups is 1. The lowest BCUT2D eigenvalue weighted by Crippen LogP contribution is -2.17. The third-order valence-electron chi connectivity index (χ3n) is 2.55. The molecule has 0 aliphatic heterocycles. The standard InChI is InChI=1S/C12H15N3O2/c1-9-3-2-6-15-8-10(14-12(9)15)7-13-5-4-11(16)17/h2-3,6,8,13H,4-5,7H2,1H3,(H,16,17). The molecule has 0 aliphatic carbocycles. The number of nitrogens with zero attached hydrogens (tertiary/aromatic N) is 2. The molecule has 2 N–H and O–H groups in total. The third kappa shape index (κ3) is 2.82. The molecule has 0 fully saturated rings. The van der Waals surface area contributed by atoms with Crippen LogP contribution in [-0.4, -0.2) is 27.0 Å². The molecule has 17 heavy (non-hydrogen) atoms. The van der Waals surface area contributed by atoms with Gasteiger partial charge < -0.3 is 14.8 Å². The van der Waals surface area contributed by atoms with Gasteiger partial charge in [-0.2, -0.15) is 0 Å². The molecule has 0 spiro atoms. The number of fused-ring (bicyclic) bond motifs is 1. The molecule has 0 radical (unpaired) electrons. The predicted octanol–water partition coefficient (Wildman–Crippen LogP) is 1.21. The molecule has 0 saturated heterocycles. The Hall–Kier alpha value is -1.88. The highest BCUT2D eigenvalue weighted by Gasteiger charge is 2.03. The minimum Gasteiger partial charge on any atom is -0.481 e. The maximum absolute atomic E-state index is 10.3. The summed E-state index contributed by atoms with van der Waals surface area (Å²) in [5.74, 6) is -0.789. The zero-order valence-electron chi connectivity index (χ0n) is 9.68. The van der Waals surface area contributed by atoms with Crippen LogP contribution in [0.3, 0.4) is 0 Å². The summed E-state index contributed by atoms with van der Waals surface area (Å²) < 4.78 is 1.98. The number of aliphatic carboxylic acids is 1. The van der Waals surface area contributed by atoms with Gasteiger partial charge in [0.2, 0.25) is 0 Å². The minimum absolute atomic E-state index is 0.131. The molecule has 5 nitrogen and oxygen atoms in total. The fourth-order valence-electron chi connectivity index (χ4n) is 1.70. The van der Waals surface area contributed by atoms with E-state index in [4.69, 9.17) is 5.11 Å². The van der Waals surface area contributed by atoms with E-state index >= 15 is 0 Å². The van der Waals surface area contributed by atoms with Crippen molar-refractivity contribution in [3.63, 3.8) is 0 Å². The summed E-state index contributed by atoms with van der Waals surface area (Å²) >= 11 is 0. The average Bonchev–Trinajstić information content (AvgIpc) is 2.69. The SMILES string of the molecule is Cc1cccn2cc(CNCCC(=O)O)nc12. The van der Waals surface area contributed by atoms with E-state index in [2.05, 4.69) is 10.3 Å². The molecule has 2 aromatic rings. The Morgan fingerprint density at radius 1 is 1.59 bits per heavy atom. The van der Waals surface area contributed by atoms with E-state index in [-0.39, 0.29) is 6.42 Å². The van der Waals surface area contributed by atoms with Gasteiger partial charge in [-0.15, -0.1) is 0 Å². The largest absolute Gasteiger partial charge is 0.481 e. The molecule has 0 bridgehead atoms. The van der Waals surface area contributed by atoms with Gasteiger partial charge in [-0.1, -0.05) is 6.07 Å². The second-order valence-corrected chi connectivity index (χ2v) is 3.97. The molecule has 0 saturated carbocycles. The lowest BCUT2D eigenvalue weighted by molar-refractivity contribution is -0.136. The van der Waals surface area contributed by atoms with Crippen LogP contribution in [0.1, 0.15) is 17.7 Å². The molecular formula is C12H15N3O2. The quantitative estimate of drug-likeness (QED) is 0.762. The maximum Gasteiger partial charge on any atom is 0.304 e. The number of hydrogen-bond acceptors (Lipinski definition) is 3. The Kier molecular flexibility index (Phi) is 3.39. The van der Waals surface area contributed by atoms with E-state index in [0.29, 0.717) is 13.1 Å². The zero-order chi connectivity index (χ0) is 12.3. The highest BCUT2D eigenvalue weighted by molar-refractivity contribution is 5.66. The minimum atomic E-state index is -0.789. The molecule has 2 aromatic heterocycles. The first-order valence-electron chi connectivity index (χ1n) is 5.52. The average molecular weight is 233 g/mol. The van der Waals surface area contributed by atoms with E-state index < -0.39 is 5.97 Å². The van der Waals surface area contributed by atoms with E-state index in [1.165, 1.54) is 0 Å². The molecule has 2 heterocycles. The van der Waals surface area contributed by atoms with Crippen LogP contribution in [0.5, 0.6) is 0 Å². The van der Waals surface area contributed by atoms with Gasteiger partial charge in [0.15, 0.2) is 0 Å². The van der Waals surface area contributed by atoms with E-state index in [1.54, 1.807) is 0 Å². The highest BCUT2D eigenvalue weighted by atomic mass is 16.4. The predicted molar refractivity (Wildman–Crippen MR) is 63.9 cm³/mol. The topological polar surface area (TPSA) is 66.6 Å². The molecule has 0 atom stereocenters. The molecular weight excluding hydrogens is 218 g/mol. The Morgan fingerprint density at radius 2 is 2.41 bits per heavy atom. The van der Waals surface area contributed by atoms with Gasteiger partial charge in [-0.25, -0.2) is 4.98 Å². The fraction of sp³-hybridized carbons (Fsp3) is 0.333. The van der Waals surface area contributed by atoms with Crippen LogP contribution in [0.25, 0.3) is 5.65 Å². The van der Waals surface area contributed by atoms with Crippen LogP contribution in [0.15, 0.2) is 24.5 Å². The van der Waals surface area contributed by atoms with Crippen molar-refractivity contribution in [3.8, 4) is 0 Å². The number of carboxylic acid groups (broad SMARTS) is 1. The summed E-state index contributed by atoms with van der Waals surface area (Å²) in [5, 5.41) is 11.6. The van der Waals surface area contributed by atoms with E-state index in [0.717, 1.165) is 16.9 Å². The number of aryl methyl sites for hydroxylation is 1. The summed E-state index contributed by atoms with van der Waals surface area (Å²) in [5.41, 5.74) is 3.00. The summed E-state index contributed by atoms with van der Waals surface area (Å²) in [6.07, 6.45) is 4.04. The second kappa shape index (κ2) is 4.97. The van der Waals surface area contributed by atoms with Crippen LogP contribution in [0, 0.1) is 6.92 Å². The number of nitrogens with one attached hydrogen (secondary N) is 1. The number of carboxylic acids is 1. The lowest BCUT2D eigenvalue weighted by Gasteiger charge is -1.98. The number of pyridine rings is 1. The highest BCUT2D eigenvalue weighted by Crippen LogP contribution is 2.09. The van der Waals surface area contributed by atoms with Crippen molar-refractivity contribution in [3.05, 3.63) is 35.8 Å². The van der Waals surface area contributed by atoms with Crippen molar-refractivity contribution >= 4 is 11.6 Å². The van der Waals surface area contributed by atoms with Gasteiger partial charge in [0.25, 0.3) is 0 Å². The van der Waals surface area contributed by atoms with Crippen LogP contribution >= 0.6 is 0 Å². The van der Waals surface area contributed by atoms with Gasteiger partial charge in [0, 0.05) is 25.5 Å². The molecule has 0 amide bonds. The number of rotatable bonds is 5. The summed E-state index contributed by atoms with van der Waals surface area (Å²) in [4.78, 5) is 14.8. The van der Waals surface area contributed by atoms with Crippen LogP contribution in [0.2, 0.25) is 0 Å². The Labute approximate surface area is 99.1 Å². The van der Waals surface area contributed by atoms with Gasteiger partial charge in [-0.05, 0) is 18.6 Å². The van der Waals surface area contributed by atoms with Crippen LogP contribution in [-0.2, 0) is 11.3 Å². The molecule has 90 valence electrons. The lowest BCUT2D eigenvalue weighted by atomic mass is 10.3. The van der Waals surface area contributed by atoms with Crippen molar-refractivity contribution in [1.29, 1.82) is 0 Å². The number of imidazole rings is 1. The summed E-state index contributed by atoms with van der Waals surface area (Å²) in [6, 6.07) is 4.00. The van der Waals surface area contributed by atoms with Crippen molar-refractivity contribution in [2.45, 2.75) is 19.9 Å². The molecule has 0 aromatic carbocycles. The third-order valence-corrected chi connectivity index (χ3v) is 2.55. The first kappa shape index (κ1) is 11.6. The fourth-order valence-corrected chi connectivity index (χ4v) is 1.70. The first-order chi connectivity index (χ1) is 8.16. The van der Waals surface area contributed by atoms with Crippen molar-refractivity contribution < 1.29 is 9.90 Å². The number of hydrogen-bond donors (Lipinski definition) is 2. The normalized spacial score (nSPS) is 10.9. The Bertz CT molecular complexity index is 534. The molecule has 2 rings (SSSR count). The maximum atomic E-state index is 10.3. The Morgan fingerprint density at radius 3 is 3.12 bits per heavy atom. The molecule has 0 aliphatic rings. The van der Waals surface area contributed by atoms with Gasteiger partial charge in [0.05, 0.1) is 12.1 Å². The van der Waals surface area contributed by atoms with E-state index in [1.807, 2.05) is 35.9 Å². The van der Waals surface area contributed by atoms with Crippen LogP contribution < -0.4 is 5.32 Å². The van der Waals surface area contributed by atoms with Crippen molar-refractivity contribution in [1.82, 2.24) is 14.7 Å².